The number of hydrogen-bond donors (Lipinski definition) is 2. The van der Waals surface area contributed by atoms with Crippen molar-refractivity contribution in [1.29, 1.82) is 0 Å². The van der Waals surface area contributed by atoms with Crippen LogP contribution in [0.3, 0.4) is 0 Å². The normalized spacial score (nSPS) is 13.2. The first-order valence-electron chi connectivity index (χ1n) is 3.95. The summed E-state index contributed by atoms with van der Waals surface area (Å²) in [6.07, 6.45) is 3.09. The number of halogens is 1. The minimum Gasteiger partial charge on any atom is -0.271 e. The first kappa shape index (κ1) is 11.5. The fourth-order valence-electron chi connectivity index (χ4n) is 1.06. The Balaban J connectivity index is 2.51. The Hall–Kier alpha value is 0.450. The SMILES string of the molecule is CSCC(Cc1sccc1Br)NN. The summed E-state index contributed by atoms with van der Waals surface area (Å²) in [7, 11) is 0. The van der Waals surface area contributed by atoms with E-state index in [1.165, 1.54) is 9.35 Å². The molecule has 0 aromatic carbocycles. The maximum absolute atomic E-state index is 5.45. The van der Waals surface area contributed by atoms with Crippen molar-refractivity contribution in [2.75, 3.05) is 12.0 Å². The number of thiophene rings is 1. The fourth-order valence-corrected chi connectivity index (χ4v) is 3.27. The molecule has 0 fully saturated rings. The van der Waals surface area contributed by atoms with E-state index in [1.807, 2.05) is 11.8 Å². The molecule has 0 aliphatic carbocycles. The lowest BCUT2D eigenvalue weighted by atomic mass is 10.2. The van der Waals surface area contributed by atoms with Gasteiger partial charge < -0.3 is 0 Å². The topological polar surface area (TPSA) is 38.0 Å². The largest absolute Gasteiger partial charge is 0.271 e. The summed E-state index contributed by atoms with van der Waals surface area (Å²) in [6.45, 7) is 0. The molecule has 1 atom stereocenters. The molecule has 1 rings (SSSR count). The summed E-state index contributed by atoms with van der Waals surface area (Å²) in [6, 6.07) is 2.44. The molecule has 0 bridgehead atoms. The second-order valence-electron chi connectivity index (χ2n) is 2.71. The molecule has 0 saturated carbocycles. The number of nitrogens with one attached hydrogen (secondary N) is 1. The van der Waals surface area contributed by atoms with Crippen molar-refractivity contribution < 1.29 is 0 Å². The highest BCUT2D eigenvalue weighted by Crippen LogP contribution is 2.24. The van der Waals surface area contributed by atoms with Gasteiger partial charge in [0, 0.05) is 27.6 Å². The molecular weight excluding hydrogens is 268 g/mol. The average molecular weight is 281 g/mol. The molecule has 0 aliphatic heterocycles. The Morgan fingerprint density at radius 3 is 3.00 bits per heavy atom. The van der Waals surface area contributed by atoms with E-state index in [4.69, 9.17) is 5.84 Å². The van der Waals surface area contributed by atoms with Gasteiger partial charge in [0.25, 0.3) is 0 Å². The predicted molar refractivity (Wildman–Crippen MR) is 65.2 cm³/mol. The first-order valence-corrected chi connectivity index (χ1v) is 7.01. The van der Waals surface area contributed by atoms with Crippen molar-refractivity contribution >= 4 is 39.0 Å². The van der Waals surface area contributed by atoms with Gasteiger partial charge in [0.2, 0.25) is 0 Å². The number of nitrogens with two attached hydrogens (primary N) is 1. The van der Waals surface area contributed by atoms with Crippen molar-refractivity contribution in [2.24, 2.45) is 5.84 Å². The van der Waals surface area contributed by atoms with Crippen molar-refractivity contribution in [3.63, 3.8) is 0 Å². The molecule has 74 valence electrons. The van der Waals surface area contributed by atoms with E-state index in [-0.39, 0.29) is 0 Å². The fraction of sp³-hybridized carbons (Fsp3) is 0.500. The number of hydrogen-bond acceptors (Lipinski definition) is 4. The second-order valence-corrected chi connectivity index (χ2v) is 5.48. The van der Waals surface area contributed by atoms with E-state index in [2.05, 4.69) is 39.1 Å². The van der Waals surface area contributed by atoms with Gasteiger partial charge in [-0.3, -0.25) is 11.3 Å². The molecule has 0 spiro atoms. The smallest absolute Gasteiger partial charge is 0.0349 e. The van der Waals surface area contributed by atoms with Gasteiger partial charge in [-0.25, -0.2) is 0 Å². The van der Waals surface area contributed by atoms with Gasteiger partial charge in [-0.05, 0) is 33.6 Å². The summed E-state index contributed by atoms with van der Waals surface area (Å²) < 4.78 is 1.19. The summed E-state index contributed by atoms with van der Waals surface area (Å²) in [5, 5.41) is 2.09. The van der Waals surface area contributed by atoms with Crippen molar-refractivity contribution in [2.45, 2.75) is 12.5 Å². The highest BCUT2D eigenvalue weighted by Gasteiger charge is 2.09. The van der Waals surface area contributed by atoms with Crippen LogP contribution in [0.25, 0.3) is 0 Å². The Bertz CT molecular complexity index is 252. The molecule has 1 aromatic rings. The van der Waals surface area contributed by atoms with Crippen molar-refractivity contribution in [1.82, 2.24) is 5.43 Å². The van der Waals surface area contributed by atoms with Crippen LogP contribution in [0.15, 0.2) is 15.9 Å². The predicted octanol–water partition coefficient (Wildman–Crippen LogP) is 2.25. The van der Waals surface area contributed by atoms with Crippen LogP contribution in [-0.2, 0) is 6.42 Å². The van der Waals surface area contributed by atoms with E-state index < -0.39 is 0 Å². The molecule has 5 heteroatoms. The summed E-state index contributed by atoms with van der Waals surface area (Å²) in [4.78, 5) is 1.36. The highest BCUT2D eigenvalue weighted by molar-refractivity contribution is 9.10. The van der Waals surface area contributed by atoms with Gasteiger partial charge in [-0.2, -0.15) is 11.8 Å². The van der Waals surface area contributed by atoms with Crippen LogP contribution < -0.4 is 11.3 Å². The standard InChI is InChI=1S/C8H13BrN2S2/c1-12-5-6(11-10)4-8-7(9)2-3-13-8/h2-3,6,11H,4-5,10H2,1H3. The molecule has 0 aliphatic rings. The van der Waals surface area contributed by atoms with E-state index in [1.54, 1.807) is 11.3 Å². The molecular formula is C8H13BrN2S2. The molecule has 0 radical (unpaired) electrons. The van der Waals surface area contributed by atoms with E-state index in [0.29, 0.717) is 6.04 Å². The van der Waals surface area contributed by atoms with Crippen LogP contribution in [0.1, 0.15) is 4.88 Å². The lowest BCUT2D eigenvalue weighted by Crippen LogP contribution is -2.38. The molecule has 1 heterocycles. The van der Waals surface area contributed by atoms with Gasteiger partial charge in [-0.1, -0.05) is 0 Å². The van der Waals surface area contributed by atoms with Crippen LogP contribution in [0.4, 0.5) is 0 Å². The Morgan fingerprint density at radius 2 is 2.54 bits per heavy atom. The van der Waals surface area contributed by atoms with Crippen LogP contribution in [0, 0.1) is 0 Å². The van der Waals surface area contributed by atoms with Crippen LogP contribution >= 0.6 is 39.0 Å². The van der Waals surface area contributed by atoms with Crippen LogP contribution in [-0.4, -0.2) is 18.1 Å². The van der Waals surface area contributed by atoms with E-state index in [9.17, 15) is 0 Å². The van der Waals surface area contributed by atoms with Gasteiger partial charge in [-0.15, -0.1) is 11.3 Å². The second kappa shape index (κ2) is 6.03. The maximum Gasteiger partial charge on any atom is 0.0349 e. The van der Waals surface area contributed by atoms with Gasteiger partial charge in [0.05, 0.1) is 0 Å². The minimum absolute atomic E-state index is 0.366. The van der Waals surface area contributed by atoms with Gasteiger partial charge >= 0.3 is 0 Å². The zero-order chi connectivity index (χ0) is 9.68. The third-order valence-corrected chi connectivity index (χ3v) is 4.41. The summed E-state index contributed by atoms with van der Waals surface area (Å²) >= 11 is 7.09. The van der Waals surface area contributed by atoms with Crippen LogP contribution in [0.5, 0.6) is 0 Å². The van der Waals surface area contributed by atoms with E-state index in [0.717, 1.165) is 12.2 Å². The molecule has 0 amide bonds. The third kappa shape index (κ3) is 3.59. The lowest BCUT2D eigenvalue weighted by molar-refractivity contribution is 0.579. The Kier molecular flexibility index (Phi) is 5.35. The highest BCUT2D eigenvalue weighted by atomic mass is 79.9. The number of rotatable bonds is 5. The van der Waals surface area contributed by atoms with Gasteiger partial charge in [0.15, 0.2) is 0 Å². The maximum atomic E-state index is 5.45. The molecule has 1 aromatic heterocycles. The molecule has 0 saturated heterocycles. The quantitative estimate of drug-likeness (QED) is 0.642. The zero-order valence-corrected chi connectivity index (χ0v) is 10.6. The minimum atomic E-state index is 0.366. The van der Waals surface area contributed by atoms with Gasteiger partial charge in [0.1, 0.15) is 0 Å². The van der Waals surface area contributed by atoms with Crippen molar-refractivity contribution in [3.05, 3.63) is 20.8 Å². The number of thioether (sulfide) groups is 1. The van der Waals surface area contributed by atoms with Crippen molar-refractivity contribution in [3.8, 4) is 0 Å². The Morgan fingerprint density at radius 1 is 1.77 bits per heavy atom. The first-order chi connectivity index (χ1) is 6.27. The zero-order valence-electron chi connectivity index (χ0n) is 7.42. The van der Waals surface area contributed by atoms with E-state index >= 15 is 0 Å². The Labute approximate surface area is 95.4 Å². The third-order valence-electron chi connectivity index (χ3n) is 1.73. The number of hydrazine groups is 1. The molecule has 1 unspecified atom stereocenters. The summed E-state index contributed by atoms with van der Waals surface area (Å²) in [5.74, 6) is 6.49. The average Bonchev–Trinajstić information content (AvgIpc) is 2.51. The monoisotopic (exact) mass is 280 g/mol. The molecule has 2 nitrogen and oxygen atoms in total. The lowest BCUT2D eigenvalue weighted by Gasteiger charge is -2.13. The molecule has 3 N–H and O–H groups in total. The van der Waals surface area contributed by atoms with Crippen LogP contribution in [0.2, 0.25) is 0 Å². The summed E-state index contributed by atoms with van der Waals surface area (Å²) in [5.41, 5.74) is 2.83. The molecule has 13 heavy (non-hydrogen) atoms.